The van der Waals surface area contributed by atoms with E-state index in [2.05, 4.69) is 24.8 Å². The molecule has 1 aliphatic heterocycles. The van der Waals surface area contributed by atoms with Crippen molar-refractivity contribution in [1.29, 1.82) is 0 Å². The number of ketones is 1. The highest BCUT2D eigenvalue weighted by Crippen LogP contribution is 2.26. The van der Waals surface area contributed by atoms with Crippen LogP contribution in [0.2, 0.25) is 0 Å². The number of carbonyl (C=O) groups is 1. The van der Waals surface area contributed by atoms with Crippen LogP contribution in [0.3, 0.4) is 0 Å². The Kier molecular flexibility index (Phi) is 6.13. The van der Waals surface area contributed by atoms with Gasteiger partial charge in [-0.05, 0) is 31.0 Å². The van der Waals surface area contributed by atoms with Gasteiger partial charge in [-0.25, -0.2) is 15.0 Å². The zero-order valence-electron chi connectivity index (χ0n) is 17.9. The van der Waals surface area contributed by atoms with Crippen LogP contribution in [-0.2, 0) is 6.42 Å². The van der Waals surface area contributed by atoms with Crippen LogP contribution in [0, 0.1) is 0 Å². The zero-order chi connectivity index (χ0) is 22.7. The van der Waals surface area contributed by atoms with E-state index in [1.165, 1.54) is 13.3 Å². The number of nitrogen functional groups attached to an aromatic ring is 2. The lowest BCUT2D eigenvalue weighted by molar-refractivity contribution is 0.0989. The molecule has 32 heavy (non-hydrogen) atoms. The Hall–Kier alpha value is -3.79. The maximum atomic E-state index is 13.2. The van der Waals surface area contributed by atoms with Gasteiger partial charge in [-0.3, -0.25) is 9.78 Å². The van der Waals surface area contributed by atoms with Crippen molar-refractivity contribution in [2.24, 2.45) is 5.73 Å². The molecule has 0 bridgehead atoms. The highest BCUT2D eigenvalue weighted by atomic mass is 16.5. The van der Waals surface area contributed by atoms with Gasteiger partial charge in [0.25, 0.3) is 5.88 Å². The minimum absolute atomic E-state index is 0.117. The molecule has 0 radical (unpaired) electrons. The molecule has 1 fully saturated rings. The van der Waals surface area contributed by atoms with E-state index in [0.717, 1.165) is 37.2 Å². The summed E-state index contributed by atoms with van der Waals surface area (Å²) in [5, 5.41) is 0. The predicted molar refractivity (Wildman–Crippen MR) is 122 cm³/mol. The first-order chi connectivity index (χ1) is 15.5. The molecule has 6 N–H and O–H groups in total. The number of nitrogens with two attached hydrogens (primary N) is 3. The zero-order valence-corrected chi connectivity index (χ0v) is 17.9. The van der Waals surface area contributed by atoms with Gasteiger partial charge in [-0.1, -0.05) is 0 Å². The molecule has 1 aliphatic rings. The number of rotatable bonds is 6. The molecule has 1 atom stereocenters. The van der Waals surface area contributed by atoms with Crippen molar-refractivity contribution in [3.05, 3.63) is 48.0 Å². The molecule has 0 spiro atoms. The molecule has 0 unspecified atom stereocenters. The summed E-state index contributed by atoms with van der Waals surface area (Å²) in [6.45, 7) is 1.64. The van der Waals surface area contributed by atoms with E-state index in [0.29, 0.717) is 17.1 Å². The van der Waals surface area contributed by atoms with Crippen molar-refractivity contribution in [1.82, 2.24) is 19.9 Å². The molecule has 0 aromatic carbocycles. The molecule has 0 saturated carbocycles. The van der Waals surface area contributed by atoms with Crippen LogP contribution in [0.15, 0.2) is 36.8 Å². The minimum atomic E-state index is -0.213. The third-order valence-corrected chi connectivity index (χ3v) is 5.44. The van der Waals surface area contributed by atoms with Crippen LogP contribution in [0.1, 0.15) is 28.9 Å². The summed E-state index contributed by atoms with van der Waals surface area (Å²) in [6, 6.07) is 5.35. The Morgan fingerprint density at radius 3 is 2.81 bits per heavy atom. The molecule has 10 nitrogen and oxygen atoms in total. The van der Waals surface area contributed by atoms with E-state index in [9.17, 15) is 4.79 Å². The third kappa shape index (κ3) is 4.45. The van der Waals surface area contributed by atoms with E-state index in [1.807, 2.05) is 6.07 Å². The van der Waals surface area contributed by atoms with Gasteiger partial charge < -0.3 is 26.8 Å². The molecule has 166 valence electrons. The highest BCUT2D eigenvalue weighted by molar-refractivity contribution is 6.01. The average Bonchev–Trinajstić information content (AvgIpc) is 2.80. The molecule has 3 aromatic rings. The molecular formula is C22H26N8O2. The number of hydrogen-bond donors (Lipinski definition) is 3. The third-order valence-electron chi connectivity index (χ3n) is 5.44. The fraction of sp³-hybridized carbons (Fsp3) is 0.318. The first-order valence-corrected chi connectivity index (χ1v) is 10.4. The minimum Gasteiger partial charge on any atom is -0.478 e. The van der Waals surface area contributed by atoms with Gasteiger partial charge in [0.05, 0.1) is 24.7 Å². The summed E-state index contributed by atoms with van der Waals surface area (Å²) < 4.78 is 5.13. The van der Waals surface area contributed by atoms with Gasteiger partial charge in [0.15, 0.2) is 11.6 Å². The van der Waals surface area contributed by atoms with Crippen molar-refractivity contribution in [2.45, 2.75) is 25.3 Å². The fourth-order valence-corrected chi connectivity index (χ4v) is 3.84. The largest absolute Gasteiger partial charge is 0.478 e. The maximum absolute atomic E-state index is 13.2. The Labute approximate surface area is 185 Å². The lowest BCUT2D eigenvalue weighted by Crippen LogP contribution is -2.43. The normalized spacial score (nSPS) is 16.1. The number of Topliss-reactive ketones (excluding diaryl/α,β-unsaturated/α-hetero) is 1. The van der Waals surface area contributed by atoms with E-state index in [1.54, 1.807) is 24.5 Å². The second-order valence-corrected chi connectivity index (χ2v) is 7.74. The number of ether oxygens (including phenoxy) is 1. The van der Waals surface area contributed by atoms with Crippen LogP contribution in [0.25, 0.3) is 11.4 Å². The average molecular weight is 435 g/mol. The van der Waals surface area contributed by atoms with Crippen LogP contribution >= 0.6 is 0 Å². The van der Waals surface area contributed by atoms with Gasteiger partial charge in [-0.2, -0.15) is 0 Å². The number of nitrogens with zero attached hydrogens (tertiary/aromatic N) is 5. The Bertz CT molecular complexity index is 1140. The topological polar surface area (TPSA) is 159 Å². The van der Waals surface area contributed by atoms with Gasteiger partial charge in [0, 0.05) is 49.2 Å². The predicted octanol–water partition coefficient (Wildman–Crippen LogP) is 1.46. The SMILES string of the molecule is COc1nc(-c2ccc(N)c(C(=O)Cc3cnccc3N3CCC[C@H](N)C3)n2)cnc1N. The Morgan fingerprint density at radius 1 is 1.19 bits per heavy atom. The molecule has 3 aromatic heterocycles. The number of piperidine rings is 1. The maximum Gasteiger partial charge on any atom is 0.257 e. The van der Waals surface area contributed by atoms with Gasteiger partial charge >= 0.3 is 0 Å². The number of methoxy groups -OCH3 is 1. The van der Waals surface area contributed by atoms with Crippen molar-refractivity contribution in [3.8, 4) is 17.3 Å². The van der Waals surface area contributed by atoms with E-state index >= 15 is 0 Å². The molecule has 4 rings (SSSR count). The molecule has 10 heteroatoms. The number of carbonyl (C=O) groups excluding carboxylic acids is 1. The monoisotopic (exact) mass is 434 g/mol. The van der Waals surface area contributed by atoms with Crippen molar-refractivity contribution in [2.75, 3.05) is 36.6 Å². The molecule has 1 saturated heterocycles. The quantitative estimate of drug-likeness (QED) is 0.485. The Balaban J connectivity index is 1.62. The molecule has 0 amide bonds. The Morgan fingerprint density at radius 2 is 2.03 bits per heavy atom. The number of pyridine rings is 2. The summed E-state index contributed by atoms with van der Waals surface area (Å²) in [7, 11) is 1.45. The number of aromatic nitrogens is 4. The summed E-state index contributed by atoms with van der Waals surface area (Å²) in [5.74, 6) is 0.147. The lowest BCUT2D eigenvalue weighted by atomic mass is 10.0. The fourth-order valence-electron chi connectivity index (χ4n) is 3.84. The second-order valence-electron chi connectivity index (χ2n) is 7.74. The molecule has 0 aliphatic carbocycles. The summed E-state index contributed by atoms with van der Waals surface area (Å²) in [4.78, 5) is 32.5. The van der Waals surface area contributed by atoms with Crippen LogP contribution in [0.5, 0.6) is 5.88 Å². The van der Waals surface area contributed by atoms with Crippen molar-refractivity contribution in [3.63, 3.8) is 0 Å². The van der Waals surface area contributed by atoms with Crippen LogP contribution in [-0.4, -0.2) is 52.0 Å². The van der Waals surface area contributed by atoms with E-state index in [-0.39, 0.29) is 35.6 Å². The summed E-state index contributed by atoms with van der Waals surface area (Å²) >= 11 is 0. The standard InChI is InChI=1S/C22H26N8O2/c1-32-22-21(25)27-11-17(29-22)16-5-4-15(24)20(28-16)19(31)9-13-10-26-7-6-18(13)30-8-2-3-14(23)12-30/h4-7,10-11,14H,2-3,8-9,12,23-24H2,1H3,(H2,25,27)/t14-/m0/s1. The second kappa shape index (κ2) is 9.15. The van der Waals surface area contributed by atoms with Gasteiger partial charge in [-0.15, -0.1) is 0 Å². The van der Waals surface area contributed by atoms with E-state index in [4.69, 9.17) is 21.9 Å². The first-order valence-electron chi connectivity index (χ1n) is 10.4. The smallest absolute Gasteiger partial charge is 0.257 e. The molecular weight excluding hydrogens is 408 g/mol. The highest BCUT2D eigenvalue weighted by Gasteiger charge is 2.22. The van der Waals surface area contributed by atoms with Crippen LogP contribution < -0.4 is 26.8 Å². The summed E-state index contributed by atoms with van der Waals surface area (Å²) in [5.41, 5.74) is 21.1. The van der Waals surface area contributed by atoms with Crippen LogP contribution in [0.4, 0.5) is 17.2 Å². The lowest BCUT2D eigenvalue weighted by Gasteiger charge is -2.33. The van der Waals surface area contributed by atoms with E-state index < -0.39 is 0 Å². The van der Waals surface area contributed by atoms with Gasteiger partial charge in [0.2, 0.25) is 0 Å². The number of hydrogen-bond acceptors (Lipinski definition) is 10. The van der Waals surface area contributed by atoms with Crippen molar-refractivity contribution < 1.29 is 9.53 Å². The first kappa shape index (κ1) is 21.4. The van der Waals surface area contributed by atoms with Gasteiger partial charge in [0.1, 0.15) is 11.4 Å². The molecule has 4 heterocycles. The summed E-state index contributed by atoms with van der Waals surface area (Å²) in [6.07, 6.45) is 7.05. The van der Waals surface area contributed by atoms with Crippen molar-refractivity contribution >= 4 is 23.0 Å². The number of anilines is 3.